The van der Waals surface area contributed by atoms with Crippen LogP contribution in [0.25, 0.3) is 66.1 Å². The van der Waals surface area contributed by atoms with Crippen LogP contribution in [-0.2, 0) is 10.8 Å². The van der Waals surface area contributed by atoms with Crippen LogP contribution in [0.4, 0.5) is 0 Å². The zero-order valence-corrected chi connectivity index (χ0v) is 38.6. The molecule has 0 saturated heterocycles. The first-order valence-corrected chi connectivity index (χ1v) is 25.2. The number of hydrogen-bond donors (Lipinski definition) is 0. The fourth-order valence-electron chi connectivity index (χ4n) is 11.5. The highest BCUT2D eigenvalue weighted by Gasteiger charge is 2.44. The fraction of sp³-hybridized carbons (Fsp3) is 0.129. The lowest BCUT2D eigenvalue weighted by molar-refractivity contribution is 0.332. The molecule has 3 heteroatoms. The molecule has 314 valence electrons. The normalized spacial score (nSPS) is 14.6. The first kappa shape index (κ1) is 39.4. The zero-order chi connectivity index (χ0) is 43.9. The zero-order valence-electron chi connectivity index (χ0n) is 37.6. The van der Waals surface area contributed by atoms with Crippen molar-refractivity contribution in [3.05, 3.63) is 230 Å². The van der Waals surface area contributed by atoms with Gasteiger partial charge in [-0.1, -0.05) is 191 Å². The highest BCUT2D eigenvalue weighted by Crippen LogP contribution is 2.46. The summed E-state index contributed by atoms with van der Waals surface area (Å²) in [4.78, 5) is 0. The predicted molar refractivity (Wildman–Crippen MR) is 279 cm³/mol. The van der Waals surface area contributed by atoms with Crippen LogP contribution in [0.3, 0.4) is 0 Å². The molecule has 0 atom stereocenters. The van der Waals surface area contributed by atoms with E-state index in [9.17, 15) is 0 Å². The number of para-hydroxylation sites is 3. The average molecular weight is 853 g/mol. The second-order valence-electron chi connectivity index (χ2n) is 19.6. The molecule has 0 saturated carbocycles. The van der Waals surface area contributed by atoms with Crippen LogP contribution in [0.15, 0.2) is 218 Å². The van der Waals surface area contributed by atoms with Crippen LogP contribution in [0.5, 0.6) is 0 Å². The van der Waals surface area contributed by atoms with Crippen molar-refractivity contribution in [1.82, 2.24) is 9.13 Å². The van der Waals surface area contributed by atoms with Gasteiger partial charge in [-0.2, -0.15) is 0 Å². The summed E-state index contributed by atoms with van der Waals surface area (Å²) in [5, 5.41) is 10.6. The maximum atomic E-state index is 2.63. The maximum absolute atomic E-state index is 2.90. The average Bonchev–Trinajstić information content (AvgIpc) is 3.86. The Morgan fingerprint density at radius 3 is 1.48 bits per heavy atom. The van der Waals surface area contributed by atoms with Crippen molar-refractivity contribution in [3.63, 3.8) is 0 Å². The Hall–Kier alpha value is -7.20. The molecule has 0 bridgehead atoms. The summed E-state index contributed by atoms with van der Waals surface area (Å²) in [5.41, 5.74) is 12.8. The van der Waals surface area contributed by atoms with Gasteiger partial charge in [-0.05, 0) is 121 Å². The van der Waals surface area contributed by atoms with Crippen molar-refractivity contribution in [2.75, 3.05) is 0 Å². The molecule has 2 aromatic heterocycles. The van der Waals surface area contributed by atoms with E-state index in [-0.39, 0.29) is 10.8 Å². The lowest BCUT2D eigenvalue weighted by Gasteiger charge is -2.43. The van der Waals surface area contributed by atoms with E-state index in [1.807, 2.05) is 0 Å². The van der Waals surface area contributed by atoms with Crippen molar-refractivity contribution in [1.29, 1.82) is 0 Å². The minimum atomic E-state index is -2.90. The van der Waals surface area contributed by atoms with Gasteiger partial charge in [0.25, 0.3) is 0 Å². The number of aromatic nitrogens is 2. The van der Waals surface area contributed by atoms with Gasteiger partial charge in [0.1, 0.15) is 0 Å². The van der Waals surface area contributed by atoms with Crippen molar-refractivity contribution < 1.29 is 0 Å². The molecule has 0 unspecified atom stereocenters. The first-order valence-electron chi connectivity index (χ1n) is 23.2. The van der Waals surface area contributed by atoms with E-state index in [0.717, 1.165) is 0 Å². The maximum Gasteiger partial charge on any atom is 0.179 e. The molecule has 0 N–H and O–H groups in total. The predicted octanol–water partition coefficient (Wildman–Crippen LogP) is 13.3. The lowest BCUT2D eigenvalue weighted by Crippen LogP contribution is -2.75. The molecule has 1 aliphatic carbocycles. The molecule has 2 nitrogen and oxygen atoms in total. The van der Waals surface area contributed by atoms with Crippen LogP contribution < -0.4 is 20.7 Å². The molecule has 0 amide bonds. The summed E-state index contributed by atoms with van der Waals surface area (Å²) in [7, 11) is -2.90. The van der Waals surface area contributed by atoms with Crippen LogP contribution in [-0.4, -0.2) is 17.2 Å². The second-order valence-corrected chi connectivity index (χ2v) is 23.4. The third kappa shape index (κ3) is 6.13. The summed E-state index contributed by atoms with van der Waals surface area (Å²) in [6.07, 6.45) is 2.37. The largest absolute Gasteiger partial charge is 0.309 e. The summed E-state index contributed by atoms with van der Waals surface area (Å²) < 4.78 is 4.91. The fourth-order valence-corrected chi connectivity index (χ4v) is 16.3. The monoisotopic (exact) mass is 852 g/mol. The standard InChI is InChI=1S/C62H52N2Si/c1-61(2)37-38-62(3,4)56-42-50(33-35-55(56)61)65(47-22-10-6-11-23-47,48-24-12-7-13-25-48)49-26-18-21-46(41-49)64-57-29-16-14-27-51(57)53-34-31-44(40-60(53)64)43-32-36-59-54(39-43)52-28-15-17-30-58(52)63(59)45-19-8-5-9-20-45/h5-36,39-42H,37-38H2,1-4H3. The summed E-state index contributed by atoms with van der Waals surface area (Å²) in [6.45, 7) is 9.78. The Labute approximate surface area is 383 Å². The minimum absolute atomic E-state index is 0.0837. The minimum Gasteiger partial charge on any atom is -0.309 e. The Kier molecular flexibility index (Phi) is 9.05. The summed E-state index contributed by atoms with van der Waals surface area (Å²) in [5.74, 6) is 0. The van der Waals surface area contributed by atoms with Crippen LogP contribution in [0.1, 0.15) is 51.7 Å². The van der Waals surface area contributed by atoms with E-state index in [0.29, 0.717) is 0 Å². The summed E-state index contributed by atoms with van der Waals surface area (Å²) in [6, 6.07) is 82.6. The van der Waals surface area contributed by atoms with E-state index in [2.05, 4.69) is 255 Å². The van der Waals surface area contributed by atoms with Gasteiger partial charge < -0.3 is 9.13 Å². The Balaban J connectivity index is 1.08. The van der Waals surface area contributed by atoms with Gasteiger partial charge >= 0.3 is 0 Å². The van der Waals surface area contributed by atoms with Crippen molar-refractivity contribution in [2.45, 2.75) is 51.4 Å². The van der Waals surface area contributed by atoms with E-state index in [1.54, 1.807) is 0 Å². The van der Waals surface area contributed by atoms with E-state index in [4.69, 9.17) is 0 Å². The van der Waals surface area contributed by atoms with Gasteiger partial charge in [0.05, 0.1) is 22.1 Å². The third-order valence-corrected chi connectivity index (χ3v) is 19.7. The molecule has 0 aliphatic heterocycles. The Morgan fingerprint density at radius 1 is 0.323 bits per heavy atom. The molecule has 2 heterocycles. The molecule has 1 aliphatic rings. The molecule has 65 heavy (non-hydrogen) atoms. The highest BCUT2D eigenvalue weighted by molar-refractivity contribution is 7.20. The number of rotatable bonds is 7. The molecule has 12 rings (SSSR count). The summed E-state index contributed by atoms with van der Waals surface area (Å²) >= 11 is 0. The third-order valence-electron chi connectivity index (χ3n) is 14.9. The number of nitrogens with zero attached hydrogens (tertiary/aromatic N) is 2. The number of hydrogen-bond acceptors (Lipinski definition) is 0. The van der Waals surface area contributed by atoms with Gasteiger partial charge in [-0.25, -0.2) is 0 Å². The Morgan fingerprint density at radius 2 is 0.800 bits per heavy atom. The van der Waals surface area contributed by atoms with Gasteiger partial charge in [0.15, 0.2) is 8.07 Å². The van der Waals surface area contributed by atoms with Crippen molar-refractivity contribution in [3.8, 4) is 22.5 Å². The quantitative estimate of drug-likeness (QED) is 0.112. The number of fused-ring (bicyclic) bond motifs is 7. The molecule has 0 spiro atoms. The molecule has 11 aromatic rings. The van der Waals surface area contributed by atoms with Gasteiger partial charge in [0.2, 0.25) is 0 Å². The van der Waals surface area contributed by atoms with Crippen molar-refractivity contribution >= 4 is 72.4 Å². The first-order chi connectivity index (χ1) is 31.7. The molecular weight excluding hydrogens is 801 g/mol. The van der Waals surface area contributed by atoms with Crippen LogP contribution in [0.2, 0.25) is 0 Å². The van der Waals surface area contributed by atoms with Crippen LogP contribution in [0, 0.1) is 0 Å². The Bertz CT molecular complexity index is 3550. The highest BCUT2D eigenvalue weighted by atomic mass is 28.3. The van der Waals surface area contributed by atoms with E-state index >= 15 is 0 Å². The van der Waals surface area contributed by atoms with Gasteiger partial charge in [0, 0.05) is 32.9 Å². The lowest BCUT2D eigenvalue weighted by atomic mass is 9.63. The second kappa shape index (κ2) is 14.9. The molecule has 9 aromatic carbocycles. The molecule has 0 fully saturated rings. The van der Waals surface area contributed by atoms with Gasteiger partial charge in [-0.15, -0.1) is 0 Å². The van der Waals surface area contributed by atoms with E-state index in [1.165, 1.54) is 111 Å². The smallest absolute Gasteiger partial charge is 0.179 e. The topological polar surface area (TPSA) is 9.86 Å². The molecular formula is C62H52N2Si. The molecule has 0 radical (unpaired) electrons. The SMILES string of the molecule is CC1(C)CCC(C)(C)c2cc([Si](c3ccccc3)(c3ccccc3)c3cccc(-n4c5ccccc5c5ccc(-c6ccc7c(c6)c6ccccc6n7-c6ccccc6)cc54)c3)ccc21. The number of benzene rings is 9. The van der Waals surface area contributed by atoms with Gasteiger partial charge in [-0.3, -0.25) is 0 Å². The van der Waals surface area contributed by atoms with Crippen LogP contribution >= 0.6 is 0 Å². The van der Waals surface area contributed by atoms with E-state index < -0.39 is 8.07 Å². The van der Waals surface area contributed by atoms with Crippen molar-refractivity contribution in [2.24, 2.45) is 0 Å².